The van der Waals surface area contributed by atoms with Gasteiger partial charge in [0.15, 0.2) is 6.29 Å². The van der Waals surface area contributed by atoms with Crippen LogP contribution in [0.5, 0.6) is 0 Å². The summed E-state index contributed by atoms with van der Waals surface area (Å²) >= 11 is 0. The molecule has 0 saturated heterocycles. The highest BCUT2D eigenvalue weighted by molar-refractivity contribution is 5.73. The summed E-state index contributed by atoms with van der Waals surface area (Å²) in [5.41, 5.74) is 14.3. The van der Waals surface area contributed by atoms with Crippen molar-refractivity contribution >= 4 is 12.3 Å². The van der Waals surface area contributed by atoms with Crippen LogP contribution in [0, 0.1) is 0 Å². The number of aldehydes is 1. The minimum Gasteiger partial charge on any atom is -0.480 e. The Morgan fingerprint density at radius 1 is 1.48 bits per heavy atom. The highest BCUT2D eigenvalue weighted by Gasteiger charge is 2.29. The minimum atomic E-state index is -1.07. The number of halogens is 1. The molecule has 25 heavy (non-hydrogen) atoms. The van der Waals surface area contributed by atoms with Crippen molar-refractivity contribution in [1.29, 1.82) is 0 Å². The first kappa shape index (κ1) is 23.4. The van der Waals surface area contributed by atoms with E-state index in [1.54, 1.807) is 6.08 Å². The summed E-state index contributed by atoms with van der Waals surface area (Å²) in [5, 5.41) is 7.98. The van der Waals surface area contributed by atoms with Crippen molar-refractivity contribution in [2.75, 3.05) is 13.7 Å². The molecule has 1 fully saturated rings. The number of rotatable bonds is 4. The molecule has 0 spiro atoms. The summed E-state index contributed by atoms with van der Waals surface area (Å²) in [4.78, 5) is 20.2. The van der Waals surface area contributed by atoms with Crippen molar-refractivity contribution < 1.29 is 23.8 Å². The molecule has 0 heterocycles. The molecular formula is C17H30FN3O4. The van der Waals surface area contributed by atoms with Crippen LogP contribution >= 0.6 is 0 Å². The fourth-order valence-electron chi connectivity index (χ4n) is 2.20. The fraction of sp³-hybridized carbons (Fsp3) is 0.647. The van der Waals surface area contributed by atoms with Crippen molar-refractivity contribution in [3.63, 3.8) is 0 Å². The quantitative estimate of drug-likeness (QED) is 0.549. The molecule has 0 aromatic heterocycles. The molecule has 0 bridgehead atoms. The van der Waals surface area contributed by atoms with Gasteiger partial charge in [-0.2, -0.15) is 0 Å². The number of carboxylic acids is 1. The average Bonchev–Trinajstić information content (AvgIpc) is 2.62. The van der Waals surface area contributed by atoms with E-state index >= 15 is 0 Å². The van der Waals surface area contributed by atoms with Crippen molar-refractivity contribution in [3.05, 3.63) is 24.1 Å². The third kappa shape index (κ3) is 10.1. The molecule has 1 unspecified atom stereocenters. The number of ether oxygens (including phenoxy) is 1. The highest BCUT2D eigenvalue weighted by Crippen LogP contribution is 2.24. The van der Waals surface area contributed by atoms with E-state index in [2.05, 4.69) is 0 Å². The molecule has 2 atom stereocenters. The van der Waals surface area contributed by atoms with Crippen LogP contribution in [0.3, 0.4) is 0 Å². The fourth-order valence-corrected chi connectivity index (χ4v) is 2.20. The van der Waals surface area contributed by atoms with E-state index < -0.39 is 17.6 Å². The highest BCUT2D eigenvalue weighted by atomic mass is 19.1. The van der Waals surface area contributed by atoms with Crippen LogP contribution in [0.2, 0.25) is 0 Å². The second-order valence-corrected chi connectivity index (χ2v) is 6.00. The Kier molecular flexibility index (Phi) is 11.9. The topological polar surface area (TPSA) is 142 Å². The lowest BCUT2D eigenvalue weighted by Gasteiger charge is -2.23. The number of nitrogens with two attached hydrogens (primary N) is 3. The lowest BCUT2D eigenvalue weighted by molar-refractivity contribution is -0.138. The van der Waals surface area contributed by atoms with Gasteiger partial charge in [0.1, 0.15) is 17.5 Å². The smallest absolute Gasteiger partial charge is 0.321 e. The van der Waals surface area contributed by atoms with Crippen LogP contribution < -0.4 is 17.2 Å². The molecule has 0 aliphatic heterocycles. The summed E-state index contributed by atoms with van der Waals surface area (Å²) in [6.45, 7) is -0.00463. The van der Waals surface area contributed by atoms with E-state index in [9.17, 15) is 14.0 Å². The van der Waals surface area contributed by atoms with Gasteiger partial charge in [-0.05, 0) is 25.0 Å². The Morgan fingerprint density at radius 3 is 2.32 bits per heavy atom. The van der Waals surface area contributed by atoms with Gasteiger partial charge in [-0.3, -0.25) is 9.59 Å². The number of carbonyl (C=O) groups excluding carboxylic acids is 1. The van der Waals surface area contributed by atoms with Crippen molar-refractivity contribution in [2.24, 2.45) is 17.2 Å². The Hall–Kier alpha value is -1.61. The molecule has 2 aliphatic rings. The van der Waals surface area contributed by atoms with Gasteiger partial charge in [-0.1, -0.05) is 25.3 Å². The van der Waals surface area contributed by atoms with E-state index in [1.165, 1.54) is 51.4 Å². The Balaban J connectivity index is 0.000000362. The molecule has 7 nitrogen and oxygen atoms in total. The largest absolute Gasteiger partial charge is 0.480 e. The van der Waals surface area contributed by atoms with Gasteiger partial charge in [0.2, 0.25) is 0 Å². The molecule has 0 radical (unpaired) electrons. The lowest BCUT2D eigenvalue weighted by Crippen LogP contribution is -2.37. The third-order valence-electron chi connectivity index (χ3n) is 3.90. The molecule has 7 N–H and O–H groups in total. The molecule has 0 aromatic carbocycles. The molecule has 2 aliphatic carbocycles. The van der Waals surface area contributed by atoms with Gasteiger partial charge in [0, 0.05) is 26.1 Å². The minimum absolute atomic E-state index is 0.00347. The first-order valence-corrected chi connectivity index (χ1v) is 8.29. The number of carboxylic acid groups (broad SMARTS) is 1. The number of aliphatic carboxylic acids is 1. The second-order valence-electron chi connectivity index (χ2n) is 6.00. The molecule has 8 heteroatoms. The number of hydrogen-bond acceptors (Lipinski definition) is 6. The molecule has 0 amide bonds. The van der Waals surface area contributed by atoms with Gasteiger partial charge < -0.3 is 27.0 Å². The van der Waals surface area contributed by atoms with Crippen LogP contribution in [0.15, 0.2) is 24.1 Å². The van der Waals surface area contributed by atoms with Crippen molar-refractivity contribution in [3.8, 4) is 0 Å². The summed E-state index contributed by atoms with van der Waals surface area (Å²) in [7, 11) is 1.39. The maximum atomic E-state index is 12.6. The number of allylic oxidation sites excluding steroid dienone is 2. The Bertz CT molecular complexity index is 465. The van der Waals surface area contributed by atoms with Gasteiger partial charge >= 0.3 is 5.97 Å². The molecule has 2 rings (SSSR count). The zero-order chi connectivity index (χ0) is 19.3. The van der Waals surface area contributed by atoms with E-state index in [0.717, 1.165) is 0 Å². The average molecular weight is 359 g/mol. The summed E-state index contributed by atoms with van der Waals surface area (Å²) in [5.74, 6) is -1.39. The predicted molar refractivity (Wildman–Crippen MR) is 94.5 cm³/mol. The molecule has 144 valence electrons. The number of hydrogen-bond donors (Lipinski definition) is 4. The summed E-state index contributed by atoms with van der Waals surface area (Å²) in [6.07, 6.45) is 11.6. The summed E-state index contributed by atoms with van der Waals surface area (Å²) in [6, 6.07) is -0.367. The Labute approximate surface area is 148 Å². The van der Waals surface area contributed by atoms with E-state index in [1.807, 2.05) is 0 Å². The van der Waals surface area contributed by atoms with Crippen LogP contribution in [-0.2, 0) is 14.3 Å². The lowest BCUT2D eigenvalue weighted by atomic mass is 9.96. The summed E-state index contributed by atoms with van der Waals surface area (Å²) < 4.78 is 17.5. The SMILES string of the molecule is COC1(C=O)C=CC=C(F)C1.NC1CCCCC1.NC[C@H](N)C(=O)O. The normalized spacial score (nSPS) is 24.0. The number of methoxy groups -OCH3 is 1. The zero-order valence-electron chi connectivity index (χ0n) is 14.7. The van der Waals surface area contributed by atoms with Crippen LogP contribution in [-0.4, -0.2) is 48.7 Å². The van der Waals surface area contributed by atoms with Gasteiger partial charge in [-0.25, -0.2) is 4.39 Å². The van der Waals surface area contributed by atoms with E-state index in [0.29, 0.717) is 12.3 Å². The van der Waals surface area contributed by atoms with Crippen LogP contribution in [0.4, 0.5) is 4.39 Å². The van der Waals surface area contributed by atoms with Crippen molar-refractivity contribution in [2.45, 2.75) is 56.2 Å². The third-order valence-corrected chi connectivity index (χ3v) is 3.90. The monoisotopic (exact) mass is 359 g/mol. The zero-order valence-corrected chi connectivity index (χ0v) is 14.7. The first-order chi connectivity index (χ1) is 11.8. The Morgan fingerprint density at radius 2 is 2.08 bits per heavy atom. The maximum Gasteiger partial charge on any atom is 0.321 e. The molecular weight excluding hydrogens is 329 g/mol. The predicted octanol–water partition coefficient (Wildman–Crippen LogP) is 1.02. The molecule has 1 saturated carbocycles. The first-order valence-electron chi connectivity index (χ1n) is 8.29. The van der Waals surface area contributed by atoms with Gasteiger partial charge in [0.05, 0.1) is 0 Å². The van der Waals surface area contributed by atoms with Gasteiger partial charge in [-0.15, -0.1) is 0 Å². The van der Waals surface area contributed by atoms with Gasteiger partial charge in [0.25, 0.3) is 0 Å². The van der Waals surface area contributed by atoms with E-state index in [4.69, 9.17) is 27.0 Å². The second kappa shape index (κ2) is 12.7. The molecule has 0 aromatic rings. The maximum absolute atomic E-state index is 12.6. The van der Waals surface area contributed by atoms with E-state index in [-0.39, 0.29) is 18.8 Å². The number of carbonyl (C=O) groups is 2. The van der Waals surface area contributed by atoms with Crippen LogP contribution in [0.25, 0.3) is 0 Å². The van der Waals surface area contributed by atoms with Crippen molar-refractivity contribution in [1.82, 2.24) is 0 Å². The standard InChI is InChI=1S/C8H9FO2.C6H13N.C3H8N2O2/c1-11-8(6-10)4-2-3-7(9)5-8;7-6-4-2-1-3-5-6;4-1-2(5)3(6)7/h2-4,6H,5H2,1H3;6H,1-5,7H2;2H,1,4-5H2,(H,6,7)/t;;2-/m..0/s1. The van der Waals surface area contributed by atoms with Crippen LogP contribution in [0.1, 0.15) is 38.5 Å².